The number of amides is 1. The fourth-order valence-corrected chi connectivity index (χ4v) is 2.23. The number of nitrogens with one attached hydrogen (secondary N) is 1. The normalized spacial score (nSPS) is 10.2. The van der Waals surface area contributed by atoms with Crippen LogP contribution in [0, 0.1) is 0 Å². The van der Waals surface area contributed by atoms with Crippen LogP contribution in [0.2, 0.25) is 0 Å². The molecule has 2 aromatic rings. The number of hydrogen-bond acceptors (Lipinski definition) is 3. The summed E-state index contributed by atoms with van der Waals surface area (Å²) in [6.07, 6.45) is 0.937. The van der Waals surface area contributed by atoms with Gasteiger partial charge in [0, 0.05) is 21.9 Å². The van der Waals surface area contributed by atoms with Gasteiger partial charge in [-0.05, 0) is 52.7 Å². The molecule has 21 heavy (non-hydrogen) atoms. The van der Waals surface area contributed by atoms with Crippen molar-refractivity contribution in [3.8, 4) is 5.75 Å². The minimum absolute atomic E-state index is 0.221. The van der Waals surface area contributed by atoms with E-state index in [1.165, 1.54) is 0 Å². The van der Waals surface area contributed by atoms with Gasteiger partial charge in [0.05, 0.1) is 12.2 Å². The van der Waals surface area contributed by atoms with Gasteiger partial charge in [0.2, 0.25) is 0 Å². The van der Waals surface area contributed by atoms with Crippen molar-refractivity contribution in [3.05, 3.63) is 52.5 Å². The van der Waals surface area contributed by atoms with Crippen LogP contribution in [-0.4, -0.2) is 12.5 Å². The van der Waals surface area contributed by atoms with Crippen molar-refractivity contribution in [1.82, 2.24) is 0 Å². The van der Waals surface area contributed by atoms with Gasteiger partial charge < -0.3 is 15.8 Å². The van der Waals surface area contributed by atoms with Crippen LogP contribution in [0.4, 0.5) is 11.4 Å². The second kappa shape index (κ2) is 7.13. The van der Waals surface area contributed by atoms with E-state index in [0.717, 1.165) is 12.2 Å². The molecule has 0 radical (unpaired) electrons. The summed E-state index contributed by atoms with van der Waals surface area (Å²) < 4.78 is 6.25. The number of rotatable bonds is 5. The van der Waals surface area contributed by atoms with Gasteiger partial charge in [0.1, 0.15) is 5.75 Å². The molecule has 0 atom stereocenters. The monoisotopic (exact) mass is 348 g/mol. The van der Waals surface area contributed by atoms with E-state index in [4.69, 9.17) is 10.5 Å². The quantitative estimate of drug-likeness (QED) is 0.800. The molecule has 110 valence electrons. The van der Waals surface area contributed by atoms with E-state index in [0.29, 0.717) is 28.0 Å². The van der Waals surface area contributed by atoms with Crippen molar-refractivity contribution in [2.24, 2.45) is 0 Å². The first-order valence-electron chi connectivity index (χ1n) is 6.69. The number of nitrogens with two attached hydrogens (primary N) is 1. The van der Waals surface area contributed by atoms with Crippen molar-refractivity contribution in [3.63, 3.8) is 0 Å². The second-order valence-electron chi connectivity index (χ2n) is 4.57. The zero-order valence-electron chi connectivity index (χ0n) is 11.7. The summed E-state index contributed by atoms with van der Waals surface area (Å²) in [5, 5.41) is 2.84. The summed E-state index contributed by atoms with van der Waals surface area (Å²) in [6.45, 7) is 2.70. The molecule has 2 aromatic carbocycles. The van der Waals surface area contributed by atoms with E-state index < -0.39 is 0 Å². The van der Waals surface area contributed by atoms with Gasteiger partial charge in [-0.3, -0.25) is 4.79 Å². The first-order valence-corrected chi connectivity index (χ1v) is 7.48. The molecule has 0 aliphatic heterocycles. The Balaban J connectivity index is 2.14. The Morgan fingerprint density at radius 3 is 2.86 bits per heavy atom. The molecular weight excluding hydrogens is 332 g/mol. The van der Waals surface area contributed by atoms with E-state index in [-0.39, 0.29) is 5.91 Å². The molecular formula is C16H17BrN2O2. The first kappa shape index (κ1) is 15.4. The predicted molar refractivity (Wildman–Crippen MR) is 88.7 cm³/mol. The van der Waals surface area contributed by atoms with Crippen LogP contribution in [0.5, 0.6) is 5.75 Å². The van der Waals surface area contributed by atoms with Crippen LogP contribution in [0.25, 0.3) is 0 Å². The van der Waals surface area contributed by atoms with Gasteiger partial charge in [-0.25, -0.2) is 0 Å². The number of ether oxygens (including phenoxy) is 1. The number of hydrogen-bond donors (Lipinski definition) is 2. The molecule has 0 saturated heterocycles. The van der Waals surface area contributed by atoms with Crippen LogP contribution in [0.1, 0.15) is 23.7 Å². The molecule has 0 aliphatic carbocycles. The molecule has 0 bridgehead atoms. The Morgan fingerprint density at radius 1 is 1.29 bits per heavy atom. The molecule has 0 unspecified atom stereocenters. The largest absolute Gasteiger partial charge is 0.494 e. The molecule has 0 fully saturated rings. The average Bonchev–Trinajstić information content (AvgIpc) is 2.48. The van der Waals surface area contributed by atoms with Gasteiger partial charge in [-0.1, -0.05) is 13.0 Å². The number of benzene rings is 2. The number of carbonyl (C=O) groups excluding carboxylic acids is 1. The lowest BCUT2D eigenvalue weighted by atomic mass is 10.2. The molecule has 5 heteroatoms. The van der Waals surface area contributed by atoms with Crippen LogP contribution in [0.15, 0.2) is 46.9 Å². The Bertz CT molecular complexity index is 644. The van der Waals surface area contributed by atoms with Gasteiger partial charge in [-0.2, -0.15) is 0 Å². The van der Waals surface area contributed by atoms with Crippen molar-refractivity contribution in [1.29, 1.82) is 0 Å². The smallest absolute Gasteiger partial charge is 0.256 e. The molecule has 0 heterocycles. The van der Waals surface area contributed by atoms with Crippen molar-refractivity contribution >= 4 is 33.2 Å². The third-order valence-electron chi connectivity index (χ3n) is 2.80. The summed E-state index contributed by atoms with van der Waals surface area (Å²) in [5.41, 5.74) is 7.44. The maximum atomic E-state index is 12.3. The zero-order valence-corrected chi connectivity index (χ0v) is 13.3. The van der Waals surface area contributed by atoms with Crippen LogP contribution >= 0.6 is 15.9 Å². The SMILES string of the molecule is CCCOc1cccc(NC(=O)c2cc(N)ccc2Br)c1. The Labute approximate surface area is 132 Å². The lowest BCUT2D eigenvalue weighted by Gasteiger charge is -2.10. The molecule has 0 saturated carbocycles. The minimum Gasteiger partial charge on any atom is -0.494 e. The van der Waals surface area contributed by atoms with Gasteiger partial charge >= 0.3 is 0 Å². The highest BCUT2D eigenvalue weighted by molar-refractivity contribution is 9.10. The lowest BCUT2D eigenvalue weighted by Crippen LogP contribution is -2.13. The van der Waals surface area contributed by atoms with E-state index in [1.54, 1.807) is 24.3 Å². The van der Waals surface area contributed by atoms with Gasteiger partial charge in [-0.15, -0.1) is 0 Å². The first-order chi connectivity index (χ1) is 10.1. The number of halogens is 1. The van der Waals surface area contributed by atoms with E-state index in [9.17, 15) is 4.79 Å². The number of nitrogen functional groups attached to an aromatic ring is 1. The Hall–Kier alpha value is -2.01. The van der Waals surface area contributed by atoms with Crippen molar-refractivity contribution in [2.45, 2.75) is 13.3 Å². The number of carbonyl (C=O) groups is 1. The molecule has 2 rings (SSSR count). The predicted octanol–water partition coefficient (Wildman–Crippen LogP) is 4.07. The fraction of sp³-hybridized carbons (Fsp3) is 0.188. The molecule has 0 spiro atoms. The molecule has 3 N–H and O–H groups in total. The van der Waals surface area contributed by atoms with Crippen LogP contribution in [0.3, 0.4) is 0 Å². The highest BCUT2D eigenvalue weighted by atomic mass is 79.9. The zero-order chi connectivity index (χ0) is 15.2. The maximum absolute atomic E-state index is 12.3. The second-order valence-corrected chi connectivity index (χ2v) is 5.42. The molecule has 1 amide bonds. The lowest BCUT2D eigenvalue weighted by molar-refractivity contribution is 0.102. The average molecular weight is 349 g/mol. The minimum atomic E-state index is -0.221. The van der Waals surface area contributed by atoms with Gasteiger partial charge in [0.15, 0.2) is 0 Å². The third-order valence-corrected chi connectivity index (χ3v) is 3.49. The third kappa shape index (κ3) is 4.23. The van der Waals surface area contributed by atoms with Crippen molar-refractivity contribution in [2.75, 3.05) is 17.7 Å². The van der Waals surface area contributed by atoms with E-state index in [1.807, 2.05) is 25.1 Å². The summed E-state index contributed by atoms with van der Waals surface area (Å²) in [4.78, 5) is 12.3. The highest BCUT2D eigenvalue weighted by Gasteiger charge is 2.11. The topological polar surface area (TPSA) is 64.3 Å². The highest BCUT2D eigenvalue weighted by Crippen LogP contribution is 2.22. The van der Waals surface area contributed by atoms with Gasteiger partial charge in [0.25, 0.3) is 5.91 Å². The molecule has 0 aromatic heterocycles. The maximum Gasteiger partial charge on any atom is 0.256 e. The van der Waals surface area contributed by atoms with Crippen LogP contribution < -0.4 is 15.8 Å². The molecule has 4 nitrogen and oxygen atoms in total. The molecule has 0 aliphatic rings. The van der Waals surface area contributed by atoms with E-state index >= 15 is 0 Å². The number of anilines is 2. The Morgan fingerprint density at radius 2 is 2.10 bits per heavy atom. The standard InChI is InChI=1S/C16H17BrN2O2/c1-2-8-21-13-5-3-4-12(10-13)19-16(20)14-9-11(18)6-7-15(14)17/h3-7,9-10H,2,8,18H2,1H3,(H,19,20). The summed E-state index contributed by atoms with van der Waals surface area (Å²) >= 11 is 3.35. The van der Waals surface area contributed by atoms with Crippen molar-refractivity contribution < 1.29 is 9.53 Å². The summed E-state index contributed by atoms with van der Waals surface area (Å²) in [6, 6.07) is 12.4. The Kier molecular flexibility index (Phi) is 5.22. The summed E-state index contributed by atoms with van der Waals surface area (Å²) in [5.74, 6) is 0.517. The van der Waals surface area contributed by atoms with Crippen LogP contribution in [-0.2, 0) is 0 Å². The summed E-state index contributed by atoms with van der Waals surface area (Å²) in [7, 11) is 0. The fourth-order valence-electron chi connectivity index (χ4n) is 1.80. The van der Waals surface area contributed by atoms with E-state index in [2.05, 4.69) is 21.2 Å².